The summed E-state index contributed by atoms with van der Waals surface area (Å²) in [5.41, 5.74) is 9.66. The van der Waals surface area contributed by atoms with Crippen LogP contribution in [0.3, 0.4) is 0 Å². The first kappa shape index (κ1) is 12.3. The highest BCUT2D eigenvalue weighted by molar-refractivity contribution is 7.03. The zero-order valence-electron chi connectivity index (χ0n) is 10.9. The number of nitrogens with zero attached hydrogens (tertiary/aromatic N) is 4. The van der Waals surface area contributed by atoms with E-state index < -0.39 is 0 Å². The summed E-state index contributed by atoms with van der Waals surface area (Å²) in [6.45, 7) is 4.81. The number of imidazole rings is 1. The minimum atomic E-state index is 0.311. The molecule has 0 aliphatic rings. The van der Waals surface area contributed by atoms with Gasteiger partial charge in [-0.25, -0.2) is 4.98 Å². The molecule has 0 fully saturated rings. The first-order valence-electron chi connectivity index (χ1n) is 6.19. The summed E-state index contributed by atoms with van der Waals surface area (Å²) in [4.78, 5) is 4.70. The van der Waals surface area contributed by atoms with Gasteiger partial charge < -0.3 is 10.3 Å². The maximum absolute atomic E-state index is 5.68. The number of hydrogen-bond acceptors (Lipinski definition) is 5. The number of aromatic nitrogens is 4. The van der Waals surface area contributed by atoms with E-state index in [9.17, 15) is 0 Å². The van der Waals surface area contributed by atoms with Crippen molar-refractivity contribution in [3.05, 3.63) is 29.1 Å². The summed E-state index contributed by atoms with van der Waals surface area (Å²) < 4.78 is 6.11. The Morgan fingerprint density at radius 1 is 1.37 bits per heavy atom. The van der Waals surface area contributed by atoms with Crippen molar-refractivity contribution >= 4 is 22.6 Å². The van der Waals surface area contributed by atoms with Gasteiger partial charge in [0.2, 0.25) is 0 Å². The molecule has 0 aliphatic heterocycles. The molecule has 1 aromatic carbocycles. The fourth-order valence-electron chi connectivity index (χ4n) is 2.24. The molecule has 0 unspecified atom stereocenters. The number of benzene rings is 1. The zero-order valence-corrected chi connectivity index (χ0v) is 11.7. The molecular weight excluding hydrogens is 258 g/mol. The van der Waals surface area contributed by atoms with Gasteiger partial charge in [-0.1, -0.05) is 10.6 Å². The molecule has 0 bridgehead atoms. The van der Waals surface area contributed by atoms with Gasteiger partial charge in [-0.3, -0.25) is 0 Å². The molecule has 3 rings (SSSR count). The standard InChI is InChI=1S/C13H15N5S/c1-8(2)18-12-4-3-9(6-14)5-10(12)15-13(18)11-7-19-17-16-11/h3-5,7-8H,6,14H2,1-2H3. The fraction of sp³-hybridized carbons (Fsp3) is 0.308. The van der Waals surface area contributed by atoms with Gasteiger partial charge in [-0.2, -0.15) is 0 Å². The van der Waals surface area contributed by atoms with Gasteiger partial charge in [0.25, 0.3) is 0 Å². The third-order valence-corrected chi connectivity index (χ3v) is 3.60. The van der Waals surface area contributed by atoms with Gasteiger partial charge in [-0.15, -0.1) is 5.10 Å². The Kier molecular flexibility index (Phi) is 3.04. The van der Waals surface area contributed by atoms with Crippen LogP contribution < -0.4 is 5.73 Å². The van der Waals surface area contributed by atoms with Crippen LogP contribution >= 0.6 is 11.5 Å². The second-order valence-corrected chi connectivity index (χ2v) is 5.33. The third kappa shape index (κ3) is 2.02. The summed E-state index contributed by atoms with van der Waals surface area (Å²) in [5.74, 6) is 0.868. The summed E-state index contributed by atoms with van der Waals surface area (Å²) in [7, 11) is 0. The molecule has 2 N–H and O–H groups in total. The first-order valence-corrected chi connectivity index (χ1v) is 7.02. The van der Waals surface area contributed by atoms with E-state index >= 15 is 0 Å². The minimum Gasteiger partial charge on any atom is -0.326 e. The Balaban J connectivity index is 2.29. The van der Waals surface area contributed by atoms with E-state index in [-0.39, 0.29) is 0 Å². The maximum Gasteiger partial charge on any atom is 0.162 e. The molecule has 3 aromatic rings. The topological polar surface area (TPSA) is 69.6 Å². The molecule has 2 aromatic heterocycles. The third-order valence-electron chi connectivity index (χ3n) is 3.10. The second-order valence-electron chi connectivity index (χ2n) is 4.72. The van der Waals surface area contributed by atoms with E-state index in [0.29, 0.717) is 12.6 Å². The minimum absolute atomic E-state index is 0.311. The quantitative estimate of drug-likeness (QED) is 0.796. The van der Waals surface area contributed by atoms with Crippen LogP contribution in [0.1, 0.15) is 25.5 Å². The molecule has 98 valence electrons. The Labute approximate surface area is 115 Å². The highest BCUT2D eigenvalue weighted by atomic mass is 32.1. The van der Waals surface area contributed by atoms with E-state index in [1.54, 1.807) is 0 Å². The van der Waals surface area contributed by atoms with Crippen LogP contribution in [0, 0.1) is 0 Å². The number of nitrogens with two attached hydrogens (primary N) is 1. The molecule has 2 heterocycles. The van der Waals surface area contributed by atoms with Crippen molar-refractivity contribution in [2.45, 2.75) is 26.4 Å². The molecule has 5 nitrogen and oxygen atoms in total. The average Bonchev–Trinajstić information content (AvgIpc) is 3.04. The molecule has 0 atom stereocenters. The molecular formula is C13H15N5S. The van der Waals surface area contributed by atoms with Crippen LogP contribution in [0.15, 0.2) is 23.6 Å². The average molecular weight is 273 g/mol. The number of hydrogen-bond donors (Lipinski definition) is 1. The van der Waals surface area contributed by atoms with E-state index in [4.69, 9.17) is 10.7 Å². The summed E-state index contributed by atoms with van der Waals surface area (Å²) >= 11 is 1.34. The molecule has 0 radical (unpaired) electrons. The lowest BCUT2D eigenvalue weighted by molar-refractivity contribution is 0.623. The van der Waals surface area contributed by atoms with Gasteiger partial charge >= 0.3 is 0 Å². The Morgan fingerprint density at radius 2 is 2.21 bits per heavy atom. The van der Waals surface area contributed by atoms with Crippen LogP contribution in [-0.2, 0) is 6.54 Å². The van der Waals surface area contributed by atoms with E-state index in [0.717, 1.165) is 28.1 Å². The van der Waals surface area contributed by atoms with Crippen molar-refractivity contribution in [2.24, 2.45) is 5.73 Å². The van der Waals surface area contributed by atoms with Crippen LogP contribution in [0.4, 0.5) is 0 Å². The molecule has 0 aliphatic carbocycles. The maximum atomic E-state index is 5.68. The van der Waals surface area contributed by atoms with E-state index in [1.807, 2.05) is 17.5 Å². The second kappa shape index (κ2) is 4.71. The van der Waals surface area contributed by atoms with Crippen molar-refractivity contribution in [1.82, 2.24) is 19.1 Å². The molecule has 0 spiro atoms. The summed E-state index contributed by atoms with van der Waals surface area (Å²) in [5, 5.41) is 6.05. The van der Waals surface area contributed by atoms with Gasteiger partial charge in [0.1, 0.15) is 5.69 Å². The normalized spacial score (nSPS) is 11.6. The molecule has 0 saturated carbocycles. The highest BCUT2D eigenvalue weighted by Gasteiger charge is 2.16. The Hall–Kier alpha value is -1.79. The van der Waals surface area contributed by atoms with Crippen molar-refractivity contribution in [3.8, 4) is 11.5 Å². The highest BCUT2D eigenvalue weighted by Crippen LogP contribution is 2.28. The summed E-state index contributed by atoms with van der Waals surface area (Å²) in [6, 6.07) is 6.47. The van der Waals surface area contributed by atoms with Crippen LogP contribution in [-0.4, -0.2) is 19.1 Å². The van der Waals surface area contributed by atoms with Crippen LogP contribution in [0.25, 0.3) is 22.6 Å². The molecule has 0 saturated heterocycles. The predicted molar refractivity (Wildman–Crippen MR) is 76.9 cm³/mol. The largest absolute Gasteiger partial charge is 0.326 e. The lowest BCUT2D eigenvalue weighted by Gasteiger charge is -2.11. The molecule has 6 heteroatoms. The Bertz CT molecular complexity index is 699. The number of fused-ring (bicyclic) bond motifs is 1. The van der Waals surface area contributed by atoms with Crippen molar-refractivity contribution in [3.63, 3.8) is 0 Å². The fourth-order valence-corrected chi connectivity index (χ4v) is 2.67. The van der Waals surface area contributed by atoms with Gasteiger partial charge in [-0.05, 0) is 43.1 Å². The zero-order chi connectivity index (χ0) is 13.4. The van der Waals surface area contributed by atoms with Crippen molar-refractivity contribution < 1.29 is 0 Å². The molecule has 0 amide bonds. The number of rotatable bonds is 3. The lowest BCUT2D eigenvalue weighted by Crippen LogP contribution is -2.03. The van der Waals surface area contributed by atoms with Crippen LogP contribution in [0.2, 0.25) is 0 Å². The Morgan fingerprint density at radius 3 is 2.84 bits per heavy atom. The first-order chi connectivity index (χ1) is 9.20. The van der Waals surface area contributed by atoms with E-state index in [1.165, 1.54) is 11.5 Å². The molecule has 19 heavy (non-hydrogen) atoms. The monoisotopic (exact) mass is 273 g/mol. The SMILES string of the molecule is CC(C)n1c(-c2csnn2)nc2cc(CN)ccc21. The summed E-state index contributed by atoms with van der Waals surface area (Å²) in [6.07, 6.45) is 0. The smallest absolute Gasteiger partial charge is 0.162 e. The lowest BCUT2D eigenvalue weighted by atomic mass is 10.2. The van der Waals surface area contributed by atoms with E-state index in [2.05, 4.69) is 34.1 Å². The van der Waals surface area contributed by atoms with Gasteiger partial charge in [0, 0.05) is 18.0 Å². The van der Waals surface area contributed by atoms with Crippen LogP contribution in [0.5, 0.6) is 0 Å². The predicted octanol–water partition coefficient (Wildman–Crippen LogP) is 2.59. The van der Waals surface area contributed by atoms with Crippen molar-refractivity contribution in [2.75, 3.05) is 0 Å². The van der Waals surface area contributed by atoms with Gasteiger partial charge in [0.15, 0.2) is 5.82 Å². The van der Waals surface area contributed by atoms with Gasteiger partial charge in [0.05, 0.1) is 11.0 Å². The van der Waals surface area contributed by atoms with Crippen molar-refractivity contribution in [1.29, 1.82) is 0 Å².